The van der Waals surface area contributed by atoms with Crippen molar-refractivity contribution < 1.29 is 4.79 Å². The maximum Gasteiger partial charge on any atom is 0.225 e. The monoisotopic (exact) mass is 265 g/mol. The number of carbonyl (C=O) groups is 1. The van der Waals surface area contributed by atoms with Gasteiger partial charge in [-0.1, -0.05) is 0 Å². The lowest BCUT2D eigenvalue weighted by Gasteiger charge is -2.29. The highest BCUT2D eigenvalue weighted by atomic mass is 16.2. The minimum atomic E-state index is 0.0807. The zero-order valence-electron chi connectivity index (χ0n) is 12.1. The van der Waals surface area contributed by atoms with Crippen molar-refractivity contribution in [3.05, 3.63) is 0 Å². The van der Waals surface area contributed by atoms with Crippen LogP contribution in [0.3, 0.4) is 0 Å². The molecule has 4 nitrogen and oxygen atoms in total. The van der Waals surface area contributed by atoms with Gasteiger partial charge in [0.15, 0.2) is 0 Å². The van der Waals surface area contributed by atoms with Gasteiger partial charge in [-0.15, -0.1) is 0 Å². The van der Waals surface area contributed by atoms with Crippen LogP contribution in [0.4, 0.5) is 0 Å². The number of likely N-dealkylation sites (N-methyl/N-ethyl adjacent to an activating group) is 1. The first-order valence-corrected chi connectivity index (χ1v) is 7.83. The third kappa shape index (κ3) is 2.52. The Morgan fingerprint density at radius 1 is 1.32 bits per heavy atom. The van der Waals surface area contributed by atoms with E-state index in [0.717, 1.165) is 12.6 Å². The van der Waals surface area contributed by atoms with E-state index in [1.165, 1.54) is 32.1 Å². The van der Waals surface area contributed by atoms with Crippen molar-refractivity contribution in [1.29, 1.82) is 0 Å². The number of hydrogen-bond donors (Lipinski definition) is 2. The fraction of sp³-hybridized carbons (Fsp3) is 0.933. The molecule has 0 aliphatic heterocycles. The number of nitrogens with one attached hydrogen (secondary N) is 1. The molecule has 0 saturated heterocycles. The molecule has 2 bridgehead atoms. The average molecular weight is 265 g/mol. The average Bonchev–Trinajstić information content (AvgIpc) is 3.07. The molecular weight excluding hydrogens is 238 g/mol. The number of nitrogens with zero attached hydrogens (tertiary/aromatic N) is 1. The Kier molecular flexibility index (Phi) is 3.56. The van der Waals surface area contributed by atoms with E-state index < -0.39 is 0 Å². The van der Waals surface area contributed by atoms with Crippen LogP contribution in [0.25, 0.3) is 0 Å². The first-order chi connectivity index (χ1) is 9.08. The minimum Gasteiger partial charge on any atom is -0.354 e. The summed E-state index contributed by atoms with van der Waals surface area (Å²) in [5.41, 5.74) is 6.22. The molecule has 3 fully saturated rings. The van der Waals surface area contributed by atoms with Gasteiger partial charge in [-0.3, -0.25) is 9.69 Å². The molecule has 19 heavy (non-hydrogen) atoms. The molecule has 3 aliphatic rings. The molecule has 3 rings (SSSR count). The molecule has 0 aromatic carbocycles. The Balaban J connectivity index is 1.48. The summed E-state index contributed by atoms with van der Waals surface area (Å²) in [6.45, 7) is 2.95. The molecule has 4 heteroatoms. The van der Waals surface area contributed by atoms with Gasteiger partial charge in [0.25, 0.3) is 0 Å². The van der Waals surface area contributed by atoms with Gasteiger partial charge in [-0.2, -0.15) is 0 Å². The van der Waals surface area contributed by atoms with Crippen molar-refractivity contribution in [3.63, 3.8) is 0 Å². The zero-order valence-corrected chi connectivity index (χ0v) is 12.1. The van der Waals surface area contributed by atoms with Crippen LogP contribution in [0, 0.1) is 17.8 Å². The summed E-state index contributed by atoms with van der Waals surface area (Å²) in [5, 5.41) is 3.14. The number of hydrogen-bond acceptors (Lipinski definition) is 3. The highest BCUT2D eigenvalue weighted by molar-refractivity contribution is 5.80. The van der Waals surface area contributed by atoms with E-state index in [1.807, 2.05) is 0 Å². The van der Waals surface area contributed by atoms with Crippen LogP contribution < -0.4 is 11.1 Å². The number of nitrogens with two attached hydrogens (primary N) is 1. The fourth-order valence-corrected chi connectivity index (χ4v) is 4.08. The molecule has 0 aromatic heterocycles. The summed E-state index contributed by atoms with van der Waals surface area (Å²) < 4.78 is 0. The van der Waals surface area contributed by atoms with E-state index >= 15 is 0 Å². The van der Waals surface area contributed by atoms with Crippen molar-refractivity contribution in [2.45, 2.75) is 57.2 Å². The number of fused-ring (bicyclic) bond motifs is 2. The van der Waals surface area contributed by atoms with Crippen LogP contribution in [-0.2, 0) is 4.79 Å². The second-order valence-corrected chi connectivity index (χ2v) is 6.93. The second kappa shape index (κ2) is 5.06. The van der Waals surface area contributed by atoms with Gasteiger partial charge in [0.2, 0.25) is 5.91 Å². The van der Waals surface area contributed by atoms with E-state index in [1.54, 1.807) is 0 Å². The summed E-state index contributed by atoms with van der Waals surface area (Å²) in [6, 6.07) is 1.28. The summed E-state index contributed by atoms with van der Waals surface area (Å²) in [4.78, 5) is 14.7. The number of amides is 1. The number of rotatable bonds is 5. The van der Waals surface area contributed by atoms with E-state index in [9.17, 15) is 4.79 Å². The van der Waals surface area contributed by atoms with E-state index in [0.29, 0.717) is 17.9 Å². The zero-order chi connectivity index (χ0) is 13.6. The highest BCUT2D eigenvalue weighted by Crippen LogP contribution is 2.47. The van der Waals surface area contributed by atoms with Crippen molar-refractivity contribution in [3.8, 4) is 0 Å². The normalized spacial score (nSPS) is 38.7. The molecule has 3 N–H and O–H groups in total. The molecule has 0 heterocycles. The van der Waals surface area contributed by atoms with E-state index in [4.69, 9.17) is 5.73 Å². The van der Waals surface area contributed by atoms with Gasteiger partial charge < -0.3 is 11.1 Å². The quantitative estimate of drug-likeness (QED) is 0.778. The summed E-state index contributed by atoms with van der Waals surface area (Å²) in [5.74, 6) is 1.44. The van der Waals surface area contributed by atoms with E-state index in [-0.39, 0.29) is 17.9 Å². The molecule has 0 aromatic rings. The first kappa shape index (κ1) is 13.4. The van der Waals surface area contributed by atoms with Gasteiger partial charge in [0, 0.05) is 24.7 Å². The van der Waals surface area contributed by atoms with Crippen molar-refractivity contribution in [2.75, 3.05) is 13.6 Å². The largest absolute Gasteiger partial charge is 0.354 e. The van der Waals surface area contributed by atoms with Gasteiger partial charge in [0.05, 0.1) is 5.92 Å². The molecule has 0 spiro atoms. The van der Waals surface area contributed by atoms with Crippen LogP contribution in [0.15, 0.2) is 0 Å². The third-order valence-electron chi connectivity index (χ3n) is 5.67. The van der Waals surface area contributed by atoms with Crippen molar-refractivity contribution in [1.82, 2.24) is 10.2 Å². The van der Waals surface area contributed by atoms with E-state index in [2.05, 4.69) is 24.2 Å². The number of carbonyl (C=O) groups excluding carboxylic acids is 1. The molecule has 5 atom stereocenters. The SMILES string of the molecule is CC(CNC(=O)C1C2CCC(C2)C1N)N(C)C1CC1. The standard InChI is InChI=1S/C15H27N3O/c1-9(18(2)12-5-6-12)8-17-15(19)13-10-3-4-11(7-10)14(13)16/h9-14H,3-8,16H2,1-2H3,(H,17,19). The maximum absolute atomic E-state index is 12.3. The van der Waals surface area contributed by atoms with Gasteiger partial charge >= 0.3 is 0 Å². The topological polar surface area (TPSA) is 58.4 Å². The Bertz CT molecular complexity index is 353. The van der Waals surface area contributed by atoms with Crippen LogP contribution >= 0.6 is 0 Å². The Labute approximate surface area is 116 Å². The molecule has 3 saturated carbocycles. The second-order valence-electron chi connectivity index (χ2n) is 6.93. The molecule has 0 radical (unpaired) electrons. The molecule has 108 valence electrons. The first-order valence-electron chi connectivity index (χ1n) is 7.83. The lowest BCUT2D eigenvalue weighted by molar-refractivity contribution is -0.127. The molecule has 5 unspecified atom stereocenters. The Morgan fingerprint density at radius 2 is 2.00 bits per heavy atom. The lowest BCUT2D eigenvalue weighted by atomic mass is 9.84. The summed E-state index contributed by atoms with van der Waals surface area (Å²) in [6.07, 6.45) is 6.24. The molecule has 3 aliphatic carbocycles. The molecule has 1 amide bonds. The van der Waals surface area contributed by atoms with Crippen LogP contribution in [-0.4, -0.2) is 42.5 Å². The van der Waals surface area contributed by atoms with Gasteiger partial charge in [-0.25, -0.2) is 0 Å². The van der Waals surface area contributed by atoms with Crippen LogP contribution in [0.1, 0.15) is 39.0 Å². The molecular formula is C15H27N3O. The smallest absolute Gasteiger partial charge is 0.225 e. The van der Waals surface area contributed by atoms with Crippen LogP contribution in [0.2, 0.25) is 0 Å². The lowest BCUT2D eigenvalue weighted by Crippen LogP contribution is -2.48. The highest BCUT2D eigenvalue weighted by Gasteiger charge is 2.49. The van der Waals surface area contributed by atoms with Gasteiger partial charge in [0.1, 0.15) is 0 Å². The van der Waals surface area contributed by atoms with Crippen LogP contribution in [0.5, 0.6) is 0 Å². The Morgan fingerprint density at radius 3 is 2.58 bits per heavy atom. The summed E-state index contributed by atoms with van der Waals surface area (Å²) in [7, 11) is 2.16. The summed E-state index contributed by atoms with van der Waals surface area (Å²) >= 11 is 0. The predicted octanol–water partition coefficient (Wildman–Crippen LogP) is 0.959. The Hall–Kier alpha value is -0.610. The van der Waals surface area contributed by atoms with Crippen molar-refractivity contribution in [2.24, 2.45) is 23.5 Å². The predicted molar refractivity (Wildman–Crippen MR) is 75.6 cm³/mol. The third-order valence-corrected chi connectivity index (χ3v) is 5.67. The van der Waals surface area contributed by atoms with Gasteiger partial charge in [-0.05, 0) is 57.9 Å². The maximum atomic E-state index is 12.3. The minimum absolute atomic E-state index is 0.0807. The van der Waals surface area contributed by atoms with Crippen molar-refractivity contribution >= 4 is 5.91 Å². The fourth-order valence-electron chi connectivity index (χ4n) is 4.08.